The SMILES string of the molecule is O=C(CCCNC1C2CC3CC(C2)CC1C3)NC1CC1. The third kappa shape index (κ3) is 2.74. The summed E-state index contributed by atoms with van der Waals surface area (Å²) in [6.45, 7) is 1.03. The van der Waals surface area contributed by atoms with Gasteiger partial charge in [0.1, 0.15) is 0 Å². The second kappa shape index (κ2) is 5.32. The molecule has 5 saturated carbocycles. The van der Waals surface area contributed by atoms with Crippen LogP contribution in [0.15, 0.2) is 0 Å². The van der Waals surface area contributed by atoms with E-state index in [0.717, 1.165) is 42.7 Å². The predicted octanol–water partition coefficient (Wildman–Crippen LogP) is 2.46. The lowest BCUT2D eigenvalue weighted by atomic mass is 9.54. The molecule has 20 heavy (non-hydrogen) atoms. The van der Waals surface area contributed by atoms with Gasteiger partial charge in [0.15, 0.2) is 0 Å². The number of hydrogen-bond acceptors (Lipinski definition) is 2. The van der Waals surface area contributed by atoms with Crippen LogP contribution in [-0.2, 0) is 4.79 Å². The molecule has 3 nitrogen and oxygen atoms in total. The second-order valence-electron chi connectivity index (χ2n) is 7.86. The summed E-state index contributed by atoms with van der Waals surface area (Å²) in [6.07, 6.45) is 11.5. The Bertz CT molecular complexity index is 349. The topological polar surface area (TPSA) is 41.1 Å². The standard InChI is InChI=1S/C17H28N2O/c20-16(19-15-3-4-15)2-1-5-18-17-13-7-11-6-12(9-13)10-14(17)8-11/h11-15,17-18H,1-10H2,(H,19,20). The van der Waals surface area contributed by atoms with Gasteiger partial charge in [0.05, 0.1) is 0 Å². The highest BCUT2D eigenvalue weighted by molar-refractivity contribution is 5.76. The van der Waals surface area contributed by atoms with Crippen molar-refractivity contribution in [3.8, 4) is 0 Å². The molecule has 2 N–H and O–H groups in total. The van der Waals surface area contributed by atoms with Crippen molar-refractivity contribution >= 4 is 5.91 Å². The van der Waals surface area contributed by atoms with Gasteiger partial charge in [-0.1, -0.05) is 0 Å². The van der Waals surface area contributed by atoms with Crippen LogP contribution in [0.3, 0.4) is 0 Å². The molecule has 3 heteroatoms. The highest BCUT2D eigenvalue weighted by Gasteiger charge is 2.47. The summed E-state index contributed by atoms with van der Waals surface area (Å²) in [6, 6.07) is 1.29. The van der Waals surface area contributed by atoms with Gasteiger partial charge < -0.3 is 10.6 Å². The minimum absolute atomic E-state index is 0.263. The molecule has 0 aliphatic heterocycles. The van der Waals surface area contributed by atoms with Gasteiger partial charge in [0, 0.05) is 18.5 Å². The number of carbonyl (C=O) groups is 1. The van der Waals surface area contributed by atoms with Crippen molar-refractivity contribution in [3.05, 3.63) is 0 Å². The van der Waals surface area contributed by atoms with E-state index < -0.39 is 0 Å². The van der Waals surface area contributed by atoms with Crippen LogP contribution in [0.5, 0.6) is 0 Å². The van der Waals surface area contributed by atoms with E-state index in [1.54, 1.807) is 0 Å². The van der Waals surface area contributed by atoms with Crippen LogP contribution in [0.1, 0.15) is 57.8 Å². The maximum absolute atomic E-state index is 11.7. The second-order valence-corrected chi connectivity index (χ2v) is 7.86. The third-order valence-electron chi connectivity index (χ3n) is 6.13. The van der Waals surface area contributed by atoms with E-state index in [1.807, 2.05) is 0 Å². The molecule has 5 aliphatic carbocycles. The van der Waals surface area contributed by atoms with E-state index in [0.29, 0.717) is 12.5 Å². The van der Waals surface area contributed by atoms with Crippen molar-refractivity contribution in [2.24, 2.45) is 23.7 Å². The van der Waals surface area contributed by atoms with Crippen molar-refractivity contribution in [2.45, 2.75) is 69.9 Å². The van der Waals surface area contributed by atoms with Crippen LogP contribution in [0.4, 0.5) is 0 Å². The minimum atomic E-state index is 0.263. The van der Waals surface area contributed by atoms with Crippen molar-refractivity contribution in [1.82, 2.24) is 10.6 Å². The molecule has 0 radical (unpaired) electrons. The van der Waals surface area contributed by atoms with Crippen LogP contribution >= 0.6 is 0 Å². The summed E-state index contributed by atoms with van der Waals surface area (Å²) in [4.78, 5) is 11.7. The average Bonchev–Trinajstić information content (AvgIpc) is 3.20. The Morgan fingerprint density at radius 3 is 2.20 bits per heavy atom. The summed E-state index contributed by atoms with van der Waals surface area (Å²) >= 11 is 0. The van der Waals surface area contributed by atoms with E-state index in [4.69, 9.17) is 0 Å². The summed E-state index contributed by atoms with van der Waals surface area (Å²) < 4.78 is 0. The first-order chi connectivity index (χ1) is 9.78. The van der Waals surface area contributed by atoms with Gasteiger partial charge in [-0.2, -0.15) is 0 Å². The number of rotatable bonds is 6. The van der Waals surface area contributed by atoms with Crippen molar-refractivity contribution in [2.75, 3.05) is 6.54 Å². The Labute approximate surface area is 122 Å². The van der Waals surface area contributed by atoms with Gasteiger partial charge in [-0.3, -0.25) is 4.79 Å². The molecule has 0 heterocycles. The Morgan fingerprint density at radius 2 is 1.60 bits per heavy atom. The van der Waals surface area contributed by atoms with E-state index in [2.05, 4.69) is 10.6 Å². The predicted molar refractivity (Wildman–Crippen MR) is 79.2 cm³/mol. The normalized spacial score (nSPS) is 41.9. The first-order valence-electron chi connectivity index (χ1n) is 8.80. The van der Waals surface area contributed by atoms with E-state index in [9.17, 15) is 4.79 Å². The van der Waals surface area contributed by atoms with E-state index in [1.165, 1.54) is 44.9 Å². The number of hydrogen-bond donors (Lipinski definition) is 2. The third-order valence-corrected chi connectivity index (χ3v) is 6.13. The molecule has 0 aromatic carbocycles. The molecule has 0 aromatic heterocycles. The molecule has 4 bridgehead atoms. The number of amides is 1. The Balaban J connectivity index is 1.19. The van der Waals surface area contributed by atoms with Gasteiger partial charge in [-0.05, 0) is 81.6 Å². The van der Waals surface area contributed by atoms with Gasteiger partial charge >= 0.3 is 0 Å². The lowest BCUT2D eigenvalue weighted by Gasteiger charge is -2.54. The smallest absolute Gasteiger partial charge is 0.220 e. The fourth-order valence-corrected chi connectivity index (χ4v) is 5.30. The van der Waals surface area contributed by atoms with Crippen molar-refractivity contribution in [1.29, 1.82) is 0 Å². The summed E-state index contributed by atoms with van der Waals surface area (Å²) in [7, 11) is 0. The maximum atomic E-state index is 11.7. The quantitative estimate of drug-likeness (QED) is 0.732. The summed E-state index contributed by atoms with van der Waals surface area (Å²) in [5.74, 6) is 4.28. The summed E-state index contributed by atoms with van der Waals surface area (Å²) in [5, 5.41) is 6.89. The van der Waals surface area contributed by atoms with Crippen LogP contribution in [0.2, 0.25) is 0 Å². The number of carbonyl (C=O) groups excluding carboxylic acids is 1. The van der Waals surface area contributed by atoms with E-state index in [-0.39, 0.29) is 5.91 Å². The van der Waals surface area contributed by atoms with E-state index >= 15 is 0 Å². The minimum Gasteiger partial charge on any atom is -0.353 e. The fraction of sp³-hybridized carbons (Fsp3) is 0.941. The summed E-state index contributed by atoms with van der Waals surface area (Å²) in [5.41, 5.74) is 0. The Hall–Kier alpha value is -0.570. The zero-order valence-corrected chi connectivity index (χ0v) is 12.4. The molecule has 0 saturated heterocycles. The molecular weight excluding hydrogens is 248 g/mol. The average molecular weight is 276 g/mol. The first kappa shape index (κ1) is 13.1. The van der Waals surface area contributed by atoms with Gasteiger partial charge in [-0.25, -0.2) is 0 Å². The fourth-order valence-electron chi connectivity index (χ4n) is 5.30. The molecule has 5 aliphatic rings. The molecule has 5 rings (SSSR count). The lowest BCUT2D eigenvalue weighted by Crippen LogP contribution is -2.54. The molecule has 0 unspecified atom stereocenters. The van der Waals surface area contributed by atoms with Crippen LogP contribution in [0.25, 0.3) is 0 Å². The molecular formula is C17H28N2O. The molecule has 1 amide bonds. The van der Waals surface area contributed by atoms with Gasteiger partial charge in [0.25, 0.3) is 0 Å². The zero-order valence-electron chi connectivity index (χ0n) is 12.4. The van der Waals surface area contributed by atoms with Crippen LogP contribution < -0.4 is 10.6 Å². The van der Waals surface area contributed by atoms with Crippen molar-refractivity contribution < 1.29 is 4.79 Å². The van der Waals surface area contributed by atoms with Gasteiger partial charge in [0.2, 0.25) is 5.91 Å². The zero-order chi connectivity index (χ0) is 13.5. The number of nitrogens with one attached hydrogen (secondary N) is 2. The highest BCUT2D eigenvalue weighted by Crippen LogP contribution is 2.53. The lowest BCUT2D eigenvalue weighted by molar-refractivity contribution is -0.121. The molecule has 5 fully saturated rings. The molecule has 0 spiro atoms. The van der Waals surface area contributed by atoms with Crippen molar-refractivity contribution in [3.63, 3.8) is 0 Å². The molecule has 0 atom stereocenters. The first-order valence-corrected chi connectivity index (χ1v) is 8.80. The maximum Gasteiger partial charge on any atom is 0.220 e. The Morgan fingerprint density at radius 1 is 0.950 bits per heavy atom. The van der Waals surface area contributed by atoms with Crippen LogP contribution in [-0.4, -0.2) is 24.5 Å². The van der Waals surface area contributed by atoms with Crippen LogP contribution in [0, 0.1) is 23.7 Å². The largest absolute Gasteiger partial charge is 0.353 e. The Kier molecular flexibility index (Phi) is 3.49. The van der Waals surface area contributed by atoms with Gasteiger partial charge in [-0.15, -0.1) is 0 Å². The molecule has 112 valence electrons. The highest BCUT2D eigenvalue weighted by atomic mass is 16.1. The molecule has 0 aromatic rings. The monoisotopic (exact) mass is 276 g/mol.